The van der Waals surface area contributed by atoms with Crippen LogP contribution >= 0.6 is 0 Å². The maximum atomic E-state index is 10.1. The Balaban J connectivity index is 0. The number of allylic oxidation sites excluding steroid dienone is 2. The van der Waals surface area contributed by atoms with Gasteiger partial charge in [0.05, 0.1) is 0 Å². The Kier molecular flexibility index (Phi) is 7.12. The average molecular weight is 130 g/mol. The summed E-state index contributed by atoms with van der Waals surface area (Å²) in [7, 11) is 0. The van der Waals surface area contributed by atoms with E-state index in [1.807, 2.05) is 0 Å². The minimum Gasteiger partial charge on any atom is -0.874 e. The molecule has 0 aliphatic carbocycles. The second-order valence-electron chi connectivity index (χ2n) is 1.15. The second-order valence-corrected chi connectivity index (χ2v) is 1.15. The van der Waals surface area contributed by atoms with Crippen molar-refractivity contribution in [1.29, 1.82) is 10.5 Å². The van der Waals surface area contributed by atoms with E-state index in [9.17, 15) is 5.11 Å². The van der Waals surface area contributed by atoms with Gasteiger partial charge in [0.15, 0.2) is 0 Å². The Morgan fingerprint density at radius 1 is 1.33 bits per heavy atom. The van der Waals surface area contributed by atoms with Crippen LogP contribution in [0.5, 0.6) is 0 Å². The van der Waals surface area contributed by atoms with Crippen LogP contribution in [0.25, 0.3) is 0 Å². The van der Waals surface area contributed by atoms with Crippen LogP contribution in [-0.4, -0.2) is 0 Å². The molecular weight excluding hydrogens is 127 g/mol. The smallest absolute Gasteiger partial charge is 0.874 e. The number of hydrogen-bond donors (Lipinski definition) is 0. The summed E-state index contributed by atoms with van der Waals surface area (Å²) < 4.78 is 0. The molecule has 0 unspecified atom stereocenters. The molecule has 0 amide bonds. The fourth-order valence-electron chi connectivity index (χ4n) is 0.182. The zero-order valence-electron chi connectivity index (χ0n) is 5.30. The maximum Gasteiger partial charge on any atom is 1.00 e. The van der Waals surface area contributed by atoms with Crippen molar-refractivity contribution in [2.45, 2.75) is 6.92 Å². The SMILES string of the molecule is CC([O-])=C(C#N)C#N.[Na+]. The van der Waals surface area contributed by atoms with Crippen molar-refractivity contribution in [2.24, 2.45) is 0 Å². The van der Waals surface area contributed by atoms with Crippen molar-refractivity contribution < 1.29 is 34.7 Å². The summed E-state index contributed by atoms with van der Waals surface area (Å²) >= 11 is 0. The molecule has 0 bridgehead atoms. The molecule has 0 spiro atoms. The van der Waals surface area contributed by atoms with E-state index in [4.69, 9.17) is 10.5 Å². The fourth-order valence-corrected chi connectivity index (χ4v) is 0.182. The van der Waals surface area contributed by atoms with Gasteiger partial charge in [0, 0.05) is 0 Å². The Morgan fingerprint density at radius 3 is 1.67 bits per heavy atom. The monoisotopic (exact) mass is 130 g/mol. The third kappa shape index (κ3) is 4.05. The fraction of sp³-hybridized carbons (Fsp3) is 0.200. The molecule has 0 aromatic carbocycles. The first-order chi connectivity index (χ1) is 3.72. The van der Waals surface area contributed by atoms with Gasteiger partial charge in [-0.3, -0.25) is 0 Å². The molecule has 0 aromatic heterocycles. The Labute approximate surface area is 75.5 Å². The first kappa shape index (κ1) is 11.3. The van der Waals surface area contributed by atoms with Gasteiger partial charge in [-0.05, 0) is 0 Å². The van der Waals surface area contributed by atoms with Gasteiger partial charge in [0.1, 0.15) is 17.7 Å². The van der Waals surface area contributed by atoms with Crippen molar-refractivity contribution >= 4 is 0 Å². The number of nitrogens with zero attached hydrogens (tertiary/aromatic N) is 2. The Hall–Kier alpha value is -0.480. The molecule has 0 N–H and O–H groups in total. The van der Waals surface area contributed by atoms with Crippen LogP contribution in [0.15, 0.2) is 11.3 Å². The molecule has 0 aliphatic rings. The molecule has 4 heteroatoms. The summed E-state index contributed by atoms with van der Waals surface area (Å²) in [5, 5.41) is 26.1. The summed E-state index contributed by atoms with van der Waals surface area (Å²) in [6.45, 7) is 1.18. The normalized spacial score (nSPS) is 5.67. The van der Waals surface area contributed by atoms with E-state index < -0.39 is 5.76 Å². The summed E-state index contributed by atoms with van der Waals surface area (Å²) in [6, 6.07) is 2.91. The number of nitriles is 2. The maximum absolute atomic E-state index is 10.1. The van der Waals surface area contributed by atoms with E-state index in [1.165, 1.54) is 19.1 Å². The predicted molar refractivity (Wildman–Crippen MR) is 23.9 cm³/mol. The minimum absolute atomic E-state index is 0. The van der Waals surface area contributed by atoms with E-state index in [-0.39, 0.29) is 35.1 Å². The minimum atomic E-state index is -0.477. The van der Waals surface area contributed by atoms with Gasteiger partial charge in [-0.15, -0.1) is 5.76 Å². The van der Waals surface area contributed by atoms with Crippen molar-refractivity contribution in [1.82, 2.24) is 0 Å². The zero-order chi connectivity index (χ0) is 6.57. The first-order valence-corrected chi connectivity index (χ1v) is 1.90. The number of rotatable bonds is 0. The largest absolute Gasteiger partial charge is 1.00 e. The Morgan fingerprint density at radius 2 is 1.67 bits per heavy atom. The molecule has 0 radical (unpaired) electrons. The molecule has 0 rings (SSSR count). The number of hydrogen-bond acceptors (Lipinski definition) is 3. The van der Waals surface area contributed by atoms with Crippen molar-refractivity contribution in [3.63, 3.8) is 0 Å². The van der Waals surface area contributed by atoms with Gasteiger partial charge in [-0.1, -0.05) is 6.92 Å². The predicted octanol–water partition coefficient (Wildman–Crippen LogP) is -3.33. The standard InChI is InChI=1S/C5H4N2O.Na/c1-4(8)5(2-6)3-7;/h8H,1H3;/q;+1/p-1. The van der Waals surface area contributed by atoms with Gasteiger partial charge in [-0.25, -0.2) is 0 Å². The second kappa shape index (κ2) is 5.65. The summed E-state index contributed by atoms with van der Waals surface area (Å²) in [5.74, 6) is -0.477. The van der Waals surface area contributed by atoms with Crippen LogP contribution in [0.3, 0.4) is 0 Å². The van der Waals surface area contributed by atoms with E-state index >= 15 is 0 Å². The van der Waals surface area contributed by atoms with E-state index in [2.05, 4.69) is 0 Å². The van der Waals surface area contributed by atoms with Gasteiger partial charge in [0.2, 0.25) is 0 Å². The molecule has 40 valence electrons. The molecule has 3 nitrogen and oxygen atoms in total. The van der Waals surface area contributed by atoms with E-state index in [0.717, 1.165) is 0 Å². The van der Waals surface area contributed by atoms with Crippen LogP contribution < -0.4 is 34.7 Å². The molecule has 0 atom stereocenters. The van der Waals surface area contributed by atoms with Gasteiger partial charge in [-0.2, -0.15) is 10.5 Å². The van der Waals surface area contributed by atoms with Crippen LogP contribution in [0.1, 0.15) is 6.92 Å². The van der Waals surface area contributed by atoms with Gasteiger partial charge in [0.25, 0.3) is 0 Å². The average Bonchev–Trinajstić information content (AvgIpc) is 1.69. The first-order valence-electron chi connectivity index (χ1n) is 1.90. The van der Waals surface area contributed by atoms with Crippen LogP contribution in [0.2, 0.25) is 0 Å². The van der Waals surface area contributed by atoms with Gasteiger partial charge < -0.3 is 5.11 Å². The summed E-state index contributed by atoms with van der Waals surface area (Å²) in [4.78, 5) is 0. The third-order valence-corrected chi connectivity index (χ3v) is 0.576. The van der Waals surface area contributed by atoms with Gasteiger partial charge >= 0.3 is 29.6 Å². The van der Waals surface area contributed by atoms with Crippen LogP contribution in [-0.2, 0) is 0 Å². The van der Waals surface area contributed by atoms with E-state index in [1.54, 1.807) is 0 Å². The molecular formula is C5H3N2NaO. The van der Waals surface area contributed by atoms with Crippen LogP contribution in [0.4, 0.5) is 0 Å². The van der Waals surface area contributed by atoms with Crippen molar-refractivity contribution in [2.75, 3.05) is 0 Å². The third-order valence-electron chi connectivity index (χ3n) is 0.576. The molecule has 9 heavy (non-hydrogen) atoms. The van der Waals surface area contributed by atoms with Crippen LogP contribution in [0, 0.1) is 22.7 Å². The molecule has 0 saturated heterocycles. The Bertz CT molecular complexity index is 176. The summed E-state index contributed by atoms with van der Waals surface area (Å²) in [5.41, 5.74) is -0.343. The zero-order valence-corrected chi connectivity index (χ0v) is 7.30. The quantitative estimate of drug-likeness (QED) is 0.195. The molecule has 0 aliphatic heterocycles. The molecule has 0 heterocycles. The molecule has 0 fully saturated rings. The topological polar surface area (TPSA) is 70.6 Å². The molecule has 0 saturated carbocycles. The summed E-state index contributed by atoms with van der Waals surface area (Å²) in [6.07, 6.45) is 0. The molecule has 0 aromatic rings. The van der Waals surface area contributed by atoms with Crippen molar-refractivity contribution in [3.8, 4) is 12.1 Å². The van der Waals surface area contributed by atoms with E-state index in [0.29, 0.717) is 0 Å². The van der Waals surface area contributed by atoms with Crippen molar-refractivity contribution in [3.05, 3.63) is 11.3 Å².